The third-order valence-corrected chi connectivity index (χ3v) is 3.50. The number of pyridine rings is 2. The highest BCUT2D eigenvalue weighted by Crippen LogP contribution is 2.27. The van der Waals surface area contributed by atoms with Crippen LogP contribution in [0.3, 0.4) is 0 Å². The lowest BCUT2D eigenvalue weighted by molar-refractivity contribution is 1.08. The molecule has 1 fully saturated rings. The molecule has 3 heterocycles. The van der Waals surface area contributed by atoms with E-state index in [9.17, 15) is 0 Å². The van der Waals surface area contributed by atoms with Gasteiger partial charge in [0.1, 0.15) is 5.82 Å². The summed E-state index contributed by atoms with van der Waals surface area (Å²) in [6.45, 7) is 0. The molecule has 0 aliphatic heterocycles. The highest BCUT2D eigenvalue weighted by molar-refractivity contribution is 5.65. The molecule has 22 heavy (non-hydrogen) atoms. The van der Waals surface area contributed by atoms with Gasteiger partial charge in [0.2, 0.25) is 0 Å². The molecule has 0 amide bonds. The molecule has 1 N–H and O–H groups in total. The molecule has 0 radical (unpaired) electrons. The summed E-state index contributed by atoms with van der Waals surface area (Å²) in [6.07, 6.45) is 7.69. The summed E-state index contributed by atoms with van der Waals surface area (Å²) in [7, 11) is 0. The summed E-state index contributed by atoms with van der Waals surface area (Å²) in [6, 6.07) is 12.2. The minimum Gasteiger partial charge on any atom is -0.367 e. The Kier molecular flexibility index (Phi) is 3.23. The predicted molar refractivity (Wildman–Crippen MR) is 85.1 cm³/mol. The number of rotatable bonds is 4. The van der Waals surface area contributed by atoms with Crippen molar-refractivity contribution in [2.75, 3.05) is 5.32 Å². The highest BCUT2D eigenvalue weighted by atomic mass is 15.1. The molecule has 0 spiro atoms. The molecule has 5 nitrogen and oxygen atoms in total. The number of hydrogen-bond acceptors (Lipinski definition) is 5. The van der Waals surface area contributed by atoms with E-state index in [1.54, 1.807) is 18.6 Å². The summed E-state index contributed by atoms with van der Waals surface area (Å²) >= 11 is 0. The second kappa shape index (κ2) is 5.52. The summed E-state index contributed by atoms with van der Waals surface area (Å²) < 4.78 is 0. The van der Waals surface area contributed by atoms with Crippen molar-refractivity contribution in [1.29, 1.82) is 0 Å². The molecule has 0 atom stereocenters. The minimum atomic E-state index is 0.535. The summed E-state index contributed by atoms with van der Waals surface area (Å²) in [4.78, 5) is 17.8. The molecule has 1 saturated carbocycles. The minimum absolute atomic E-state index is 0.535. The predicted octanol–water partition coefficient (Wildman–Crippen LogP) is 3.17. The largest absolute Gasteiger partial charge is 0.367 e. The van der Waals surface area contributed by atoms with E-state index in [0.717, 1.165) is 22.8 Å². The maximum Gasteiger partial charge on any atom is 0.163 e. The highest BCUT2D eigenvalue weighted by Gasteiger charge is 2.22. The van der Waals surface area contributed by atoms with Gasteiger partial charge in [-0.2, -0.15) is 0 Å². The van der Waals surface area contributed by atoms with Gasteiger partial charge in [-0.3, -0.25) is 9.97 Å². The Labute approximate surface area is 128 Å². The fraction of sp³-hybridized carbons (Fsp3) is 0.176. The zero-order valence-electron chi connectivity index (χ0n) is 12.0. The first-order chi connectivity index (χ1) is 10.9. The maximum absolute atomic E-state index is 4.65. The monoisotopic (exact) mass is 289 g/mol. The van der Waals surface area contributed by atoms with E-state index in [1.165, 1.54) is 12.8 Å². The van der Waals surface area contributed by atoms with Crippen LogP contribution in [0.4, 0.5) is 5.82 Å². The lowest BCUT2D eigenvalue weighted by Crippen LogP contribution is -2.05. The fourth-order valence-corrected chi connectivity index (χ4v) is 2.23. The molecule has 1 aliphatic carbocycles. The van der Waals surface area contributed by atoms with E-state index >= 15 is 0 Å². The normalized spacial score (nSPS) is 13.8. The number of aromatic nitrogens is 4. The molecule has 0 bridgehead atoms. The van der Waals surface area contributed by atoms with Crippen LogP contribution in [-0.4, -0.2) is 26.0 Å². The smallest absolute Gasteiger partial charge is 0.163 e. The number of nitrogens with one attached hydrogen (secondary N) is 1. The van der Waals surface area contributed by atoms with Gasteiger partial charge in [0.05, 0.1) is 11.4 Å². The van der Waals surface area contributed by atoms with Crippen LogP contribution < -0.4 is 5.32 Å². The zero-order chi connectivity index (χ0) is 14.8. The quantitative estimate of drug-likeness (QED) is 0.799. The van der Waals surface area contributed by atoms with Crippen LogP contribution in [0.15, 0.2) is 55.0 Å². The van der Waals surface area contributed by atoms with Gasteiger partial charge in [-0.15, -0.1) is 0 Å². The summed E-state index contributed by atoms with van der Waals surface area (Å²) in [5.74, 6) is 1.51. The molecule has 0 aromatic carbocycles. The first kappa shape index (κ1) is 12.9. The number of anilines is 1. The first-order valence-corrected chi connectivity index (χ1v) is 7.36. The first-order valence-electron chi connectivity index (χ1n) is 7.36. The average molecular weight is 289 g/mol. The van der Waals surface area contributed by atoms with Crippen LogP contribution in [0, 0.1) is 0 Å². The lowest BCUT2D eigenvalue weighted by atomic mass is 10.2. The van der Waals surface area contributed by atoms with Crippen LogP contribution in [-0.2, 0) is 0 Å². The molecule has 1 aliphatic rings. The van der Waals surface area contributed by atoms with Gasteiger partial charge in [0.15, 0.2) is 5.82 Å². The van der Waals surface area contributed by atoms with E-state index in [4.69, 9.17) is 0 Å². The standard InChI is InChI=1S/C17H15N5/c1-2-9-19-14(5-1)15-10-16(20-13-6-7-13)22-17(21-15)12-4-3-8-18-11-12/h1-5,8-11,13H,6-7H2,(H,20,21,22). The van der Waals surface area contributed by atoms with Gasteiger partial charge < -0.3 is 5.32 Å². The van der Waals surface area contributed by atoms with Gasteiger partial charge in [-0.1, -0.05) is 6.07 Å². The molecule has 0 unspecified atom stereocenters. The zero-order valence-corrected chi connectivity index (χ0v) is 12.0. The molecule has 108 valence electrons. The van der Waals surface area contributed by atoms with Crippen molar-refractivity contribution in [3.05, 3.63) is 55.0 Å². The third kappa shape index (κ3) is 2.79. The Bertz CT molecular complexity index is 712. The van der Waals surface area contributed by atoms with Crippen molar-refractivity contribution >= 4 is 5.82 Å². The maximum atomic E-state index is 4.65. The average Bonchev–Trinajstić information content (AvgIpc) is 3.40. The molecular formula is C17H15N5. The third-order valence-electron chi connectivity index (χ3n) is 3.50. The van der Waals surface area contributed by atoms with Gasteiger partial charge in [-0.25, -0.2) is 9.97 Å². The Balaban J connectivity index is 1.80. The molecule has 4 rings (SSSR count). The van der Waals surface area contributed by atoms with Crippen LogP contribution in [0.1, 0.15) is 12.8 Å². The Morgan fingerprint density at radius 3 is 2.64 bits per heavy atom. The van der Waals surface area contributed by atoms with Crippen LogP contribution in [0.25, 0.3) is 22.8 Å². The molecule has 3 aromatic heterocycles. The van der Waals surface area contributed by atoms with Crippen molar-refractivity contribution < 1.29 is 0 Å². The van der Waals surface area contributed by atoms with E-state index in [0.29, 0.717) is 11.9 Å². The lowest BCUT2D eigenvalue weighted by Gasteiger charge is -2.09. The van der Waals surface area contributed by atoms with Crippen molar-refractivity contribution in [3.8, 4) is 22.8 Å². The van der Waals surface area contributed by atoms with Gasteiger partial charge in [0, 0.05) is 36.3 Å². The van der Waals surface area contributed by atoms with Gasteiger partial charge in [-0.05, 0) is 37.1 Å². The van der Waals surface area contributed by atoms with Crippen molar-refractivity contribution in [3.63, 3.8) is 0 Å². The van der Waals surface area contributed by atoms with E-state index in [2.05, 4.69) is 25.3 Å². The van der Waals surface area contributed by atoms with Crippen LogP contribution >= 0.6 is 0 Å². The van der Waals surface area contributed by atoms with Gasteiger partial charge in [0.25, 0.3) is 0 Å². The molecule has 3 aromatic rings. The topological polar surface area (TPSA) is 63.6 Å². The Morgan fingerprint density at radius 1 is 0.955 bits per heavy atom. The molecule has 5 heteroatoms. The summed E-state index contributed by atoms with van der Waals surface area (Å²) in [5, 5.41) is 3.44. The van der Waals surface area contributed by atoms with E-state index < -0.39 is 0 Å². The summed E-state index contributed by atoms with van der Waals surface area (Å²) in [5.41, 5.74) is 2.56. The molecule has 0 saturated heterocycles. The molecular weight excluding hydrogens is 274 g/mol. The number of hydrogen-bond donors (Lipinski definition) is 1. The van der Waals surface area contributed by atoms with Gasteiger partial charge >= 0.3 is 0 Å². The SMILES string of the molecule is c1ccc(-c2cc(NC3CC3)nc(-c3cccnc3)n2)nc1. The Morgan fingerprint density at radius 2 is 1.91 bits per heavy atom. The van der Waals surface area contributed by atoms with Crippen molar-refractivity contribution in [2.45, 2.75) is 18.9 Å². The van der Waals surface area contributed by atoms with Crippen molar-refractivity contribution in [2.24, 2.45) is 0 Å². The van der Waals surface area contributed by atoms with Crippen molar-refractivity contribution in [1.82, 2.24) is 19.9 Å². The number of nitrogens with zero attached hydrogens (tertiary/aromatic N) is 4. The van der Waals surface area contributed by atoms with E-state index in [1.807, 2.05) is 36.4 Å². The Hall–Kier alpha value is -2.82. The second-order valence-electron chi connectivity index (χ2n) is 5.34. The fourth-order valence-electron chi connectivity index (χ4n) is 2.23. The second-order valence-corrected chi connectivity index (χ2v) is 5.34. The van der Waals surface area contributed by atoms with Crippen LogP contribution in [0.5, 0.6) is 0 Å². The van der Waals surface area contributed by atoms with Crippen LogP contribution in [0.2, 0.25) is 0 Å². The van der Waals surface area contributed by atoms with E-state index in [-0.39, 0.29) is 0 Å².